The minimum Gasteiger partial charge on any atom is -0.355 e. The molecule has 0 unspecified atom stereocenters. The van der Waals surface area contributed by atoms with Crippen LogP contribution >= 0.6 is 0 Å². The summed E-state index contributed by atoms with van der Waals surface area (Å²) in [6.45, 7) is 2.75. The monoisotopic (exact) mass is 521 g/mol. The second-order valence-corrected chi connectivity index (χ2v) is 10.8. The van der Waals surface area contributed by atoms with Crippen molar-refractivity contribution in [3.8, 4) is 0 Å². The maximum atomic E-state index is 13.6. The maximum absolute atomic E-state index is 13.6. The zero-order valence-electron chi connectivity index (χ0n) is 21.4. The van der Waals surface area contributed by atoms with E-state index < -0.39 is 16.1 Å². The normalized spacial score (nSPS) is 11.9. The Morgan fingerprint density at radius 1 is 0.838 bits per heavy atom. The highest BCUT2D eigenvalue weighted by Gasteiger charge is 2.30. The Morgan fingerprint density at radius 2 is 1.38 bits per heavy atom. The highest BCUT2D eigenvalue weighted by atomic mass is 32.2. The molecule has 7 nitrogen and oxygen atoms in total. The Kier molecular flexibility index (Phi) is 10.3. The van der Waals surface area contributed by atoms with E-state index in [2.05, 4.69) is 5.32 Å². The second kappa shape index (κ2) is 13.6. The summed E-state index contributed by atoms with van der Waals surface area (Å²) in [6.07, 6.45) is 1.97. The van der Waals surface area contributed by atoms with Crippen molar-refractivity contribution in [3.05, 3.63) is 102 Å². The van der Waals surface area contributed by atoms with Crippen LogP contribution < -0.4 is 9.62 Å². The van der Waals surface area contributed by atoms with Crippen LogP contribution in [0.25, 0.3) is 0 Å². The number of para-hydroxylation sites is 1. The molecular weight excluding hydrogens is 486 g/mol. The van der Waals surface area contributed by atoms with Crippen molar-refractivity contribution < 1.29 is 18.0 Å². The van der Waals surface area contributed by atoms with E-state index in [1.807, 2.05) is 73.7 Å². The molecule has 3 aromatic rings. The molecule has 196 valence electrons. The number of anilines is 1. The van der Waals surface area contributed by atoms with Gasteiger partial charge in [0, 0.05) is 32.5 Å². The van der Waals surface area contributed by atoms with Gasteiger partial charge in [-0.15, -0.1) is 0 Å². The number of nitrogens with zero attached hydrogens (tertiary/aromatic N) is 2. The summed E-state index contributed by atoms with van der Waals surface area (Å²) in [5, 5.41) is 2.88. The number of rotatable bonds is 13. The van der Waals surface area contributed by atoms with E-state index >= 15 is 0 Å². The fourth-order valence-corrected chi connectivity index (χ4v) is 5.19. The maximum Gasteiger partial charge on any atom is 0.243 e. The highest BCUT2D eigenvalue weighted by molar-refractivity contribution is 7.92. The minimum absolute atomic E-state index is 0.108. The number of nitrogens with one attached hydrogen (secondary N) is 1. The molecule has 0 spiro atoms. The summed E-state index contributed by atoms with van der Waals surface area (Å²) in [6, 6.07) is 27.3. The van der Waals surface area contributed by atoms with Gasteiger partial charge in [0.25, 0.3) is 0 Å². The zero-order valence-corrected chi connectivity index (χ0v) is 22.2. The van der Waals surface area contributed by atoms with Crippen LogP contribution in [0.15, 0.2) is 91.0 Å². The van der Waals surface area contributed by atoms with Crippen molar-refractivity contribution in [1.29, 1.82) is 0 Å². The van der Waals surface area contributed by atoms with Gasteiger partial charge in [-0.25, -0.2) is 8.42 Å². The van der Waals surface area contributed by atoms with Gasteiger partial charge in [0.15, 0.2) is 0 Å². The fraction of sp³-hybridized carbons (Fsp3) is 0.310. The van der Waals surface area contributed by atoms with Crippen LogP contribution in [-0.4, -0.2) is 50.5 Å². The van der Waals surface area contributed by atoms with Gasteiger partial charge in [-0.3, -0.25) is 13.9 Å². The van der Waals surface area contributed by atoms with Crippen LogP contribution in [0.1, 0.15) is 30.9 Å². The van der Waals surface area contributed by atoms with Gasteiger partial charge in [-0.2, -0.15) is 0 Å². The Balaban J connectivity index is 1.83. The summed E-state index contributed by atoms with van der Waals surface area (Å²) in [5.41, 5.74) is 2.43. The molecule has 0 aliphatic heterocycles. The number of hydrogen-bond acceptors (Lipinski definition) is 4. The van der Waals surface area contributed by atoms with Gasteiger partial charge in [0.05, 0.1) is 11.9 Å². The molecule has 3 aromatic carbocycles. The molecule has 0 bridgehead atoms. The molecule has 0 aliphatic carbocycles. The van der Waals surface area contributed by atoms with Gasteiger partial charge < -0.3 is 10.2 Å². The van der Waals surface area contributed by atoms with Crippen LogP contribution in [0, 0.1) is 0 Å². The number of sulfonamides is 1. The number of carbonyl (C=O) groups excluding carboxylic acids is 2. The number of amides is 2. The third-order valence-electron chi connectivity index (χ3n) is 6.01. The van der Waals surface area contributed by atoms with E-state index in [-0.39, 0.29) is 31.3 Å². The third-order valence-corrected chi connectivity index (χ3v) is 7.21. The molecule has 8 heteroatoms. The standard InChI is InChI=1S/C29H35N3O4S/c1-3-30-29(34)27(22-24-14-7-4-8-15-24)31(23-25-16-9-5-10-17-25)28(33)20-13-21-32(37(2,35)36)26-18-11-6-12-19-26/h4-12,14-19,27H,3,13,20-23H2,1-2H3,(H,30,34)/t27-/m1/s1. The average molecular weight is 522 g/mol. The predicted octanol–water partition coefficient (Wildman–Crippen LogP) is 4.01. The van der Waals surface area contributed by atoms with Crippen LogP contribution in [0.5, 0.6) is 0 Å². The number of hydrogen-bond donors (Lipinski definition) is 1. The first-order valence-electron chi connectivity index (χ1n) is 12.5. The van der Waals surface area contributed by atoms with E-state index in [4.69, 9.17) is 0 Å². The molecule has 0 aliphatic rings. The Morgan fingerprint density at radius 3 is 1.92 bits per heavy atom. The molecule has 0 saturated carbocycles. The second-order valence-electron chi connectivity index (χ2n) is 8.88. The molecule has 0 heterocycles. The molecule has 0 saturated heterocycles. The number of likely N-dealkylation sites (N-methyl/N-ethyl adjacent to an activating group) is 1. The predicted molar refractivity (Wildman–Crippen MR) is 147 cm³/mol. The number of carbonyl (C=O) groups is 2. The number of benzene rings is 3. The van der Waals surface area contributed by atoms with Crippen molar-refractivity contribution in [2.24, 2.45) is 0 Å². The van der Waals surface area contributed by atoms with E-state index in [1.165, 1.54) is 4.31 Å². The van der Waals surface area contributed by atoms with Crippen LogP contribution in [0.2, 0.25) is 0 Å². The molecule has 1 N–H and O–H groups in total. The largest absolute Gasteiger partial charge is 0.355 e. The lowest BCUT2D eigenvalue weighted by molar-refractivity contribution is -0.141. The summed E-state index contributed by atoms with van der Waals surface area (Å²) < 4.78 is 26.2. The minimum atomic E-state index is -3.52. The van der Waals surface area contributed by atoms with Gasteiger partial charge >= 0.3 is 0 Å². The Bertz CT molecular complexity index is 1240. The quantitative estimate of drug-likeness (QED) is 0.368. The third kappa shape index (κ3) is 8.46. The van der Waals surface area contributed by atoms with Crippen molar-refractivity contribution in [2.75, 3.05) is 23.7 Å². The topological polar surface area (TPSA) is 86.8 Å². The highest BCUT2D eigenvalue weighted by Crippen LogP contribution is 2.20. The lowest BCUT2D eigenvalue weighted by Gasteiger charge is -2.32. The first-order chi connectivity index (χ1) is 17.8. The van der Waals surface area contributed by atoms with E-state index in [0.717, 1.165) is 17.4 Å². The fourth-order valence-electron chi connectivity index (χ4n) is 4.22. The molecular formula is C29H35N3O4S. The van der Waals surface area contributed by atoms with Gasteiger partial charge in [-0.1, -0.05) is 78.9 Å². The first kappa shape index (κ1) is 27.9. The average Bonchev–Trinajstić information content (AvgIpc) is 2.89. The van der Waals surface area contributed by atoms with Crippen molar-refractivity contribution >= 4 is 27.5 Å². The van der Waals surface area contributed by atoms with Crippen molar-refractivity contribution in [1.82, 2.24) is 10.2 Å². The molecule has 37 heavy (non-hydrogen) atoms. The smallest absolute Gasteiger partial charge is 0.243 e. The molecule has 2 amide bonds. The van der Waals surface area contributed by atoms with Crippen molar-refractivity contribution in [3.63, 3.8) is 0 Å². The zero-order chi connectivity index (χ0) is 26.7. The Labute approximate surface area is 220 Å². The summed E-state index contributed by atoms with van der Waals surface area (Å²) in [4.78, 5) is 28.4. The van der Waals surface area contributed by atoms with E-state index in [1.54, 1.807) is 29.2 Å². The lowest BCUT2D eigenvalue weighted by Crippen LogP contribution is -2.50. The molecule has 3 rings (SSSR count). The molecule has 1 atom stereocenters. The van der Waals surface area contributed by atoms with Gasteiger partial charge in [-0.05, 0) is 36.6 Å². The van der Waals surface area contributed by atoms with Crippen molar-refractivity contribution in [2.45, 2.75) is 38.8 Å². The van der Waals surface area contributed by atoms with Gasteiger partial charge in [0.2, 0.25) is 21.8 Å². The summed E-state index contributed by atoms with van der Waals surface area (Å²) in [5.74, 6) is -0.407. The van der Waals surface area contributed by atoms with E-state index in [0.29, 0.717) is 25.1 Å². The molecule has 0 radical (unpaired) electrons. The SMILES string of the molecule is CCNC(=O)[C@@H](Cc1ccccc1)N(Cc1ccccc1)C(=O)CCCN(c1ccccc1)S(C)(=O)=O. The van der Waals surface area contributed by atoms with Gasteiger partial charge in [0.1, 0.15) is 6.04 Å². The van der Waals surface area contributed by atoms with E-state index in [9.17, 15) is 18.0 Å². The van der Waals surface area contributed by atoms with Crippen LogP contribution in [0.4, 0.5) is 5.69 Å². The molecule has 0 aromatic heterocycles. The molecule has 0 fully saturated rings. The summed E-state index contributed by atoms with van der Waals surface area (Å²) >= 11 is 0. The first-order valence-corrected chi connectivity index (χ1v) is 14.3. The van der Waals surface area contributed by atoms with Crippen LogP contribution in [-0.2, 0) is 32.6 Å². The lowest BCUT2D eigenvalue weighted by atomic mass is 10.0. The van der Waals surface area contributed by atoms with Crippen LogP contribution in [0.3, 0.4) is 0 Å². The Hall–Kier alpha value is -3.65. The summed E-state index contributed by atoms with van der Waals surface area (Å²) in [7, 11) is -3.52.